The summed E-state index contributed by atoms with van der Waals surface area (Å²) >= 11 is 2.28. The molecule has 4 heteroatoms. The highest BCUT2D eigenvalue weighted by Gasteiger charge is 2.59. The Morgan fingerprint density at radius 3 is 2.65 bits per heavy atom. The lowest BCUT2D eigenvalue weighted by atomic mass is 9.47. The van der Waals surface area contributed by atoms with E-state index in [0.29, 0.717) is 17.4 Å². The molecule has 4 rings (SSSR count). The van der Waals surface area contributed by atoms with Crippen LogP contribution in [0.3, 0.4) is 0 Å². The van der Waals surface area contributed by atoms with Crippen molar-refractivity contribution < 1.29 is 9.53 Å². The van der Waals surface area contributed by atoms with Gasteiger partial charge in [0.2, 0.25) is 0 Å². The van der Waals surface area contributed by atoms with E-state index < -0.39 is 0 Å². The molecule has 0 aromatic rings. The van der Waals surface area contributed by atoms with Gasteiger partial charge in [0.1, 0.15) is 6.10 Å². The van der Waals surface area contributed by atoms with Crippen molar-refractivity contribution in [3.05, 3.63) is 11.6 Å². The van der Waals surface area contributed by atoms with Gasteiger partial charge in [-0.1, -0.05) is 88.1 Å². The second-order valence-electron chi connectivity index (χ2n) is 13.2. The highest BCUT2D eigenvalue weighted by molar-refractivity contribution is 14.1. The first-order valence-electron chi connectivity index (χ1n) is 14.4. The van der Waals surface area contributed by atoms with Gasteiger partial charge in [0.25, 0.3) is 0 Å². The van der Waals surface area contributed by atoms with Gasteiger partial charge in [0.05, 0.1) is 0 Å². The Balaban J connectivity index is 1.41. The molecule has 3 saturated carbocycles. The largest absolute Gasteiger partial charge is 0.446 e. The molecule has 4 aliphatic rings. The number of halogens is 1. The number of rotatable bonds is 8. The monoisotopic (exact) mass is 583 g/mol. The van der Waals surface area contributed by atoms with Gasteiger partial charge in [-0.25, -0.2) is 4.79 Å². The molecular weight excluding hydrogens is 533 g/mol. The quantitative estimate of drug-likeness (QED) is 0.177. The van der Waals surface area contributed by atoms with Crippen molar-refractivity contribution in [2.45, 2.75) is 111 Å². The van der Waals surface area contributed by atoms with E-state index >= 15 is 0 Å². The number of carbonyl (C=O) groups is 1. The summed E-state index contributed by atoms with van der Waals surface area (Å²) in [4.78, 5) is 12.1. The van der Waals surface area contributed by atoms with Gasteiger partial charge in [-0.15, -0.1) is 0 Å². The summed E-state index contributed by atoms with van der Waals surface area (Å²) < 4.78 is 6.72. The minimum absolute atomic E-state index is 0.0569. The first kappa shape index (κ1) is 26.8. The topological polar surface area (TPSA) is 38.3 Å². The fourth-order valence-electron chi connectivity index (χ4n) is 9.09. The molecule has 0 heterocycles. The molecule has 0 spiro atoms. The van der Waals surface area contributed by atoms with Crippen molar-refractivity contribution in [3.8, 4) is 0 Å². The second kappa shape index (κ2) is 11.0. The molecule has 34 heavy (non-hydrogen) atoms. The molecule has 3 nitrogen and oxygen atoms in total. The number of ether oxygens (including phenoxy) is 1. The zero-order valence-electron chi connectivity index (χ0n) is 22.5. The van der Waals surface area contributed by atoms with E-state index in [-0.39, 0.29) is 12.2 Å². The predicted octanol–water partition coefficient (Wildman–Crippen LogP) is 8.56. The number of amides is 1. The van der Waals surface area contributed by atoms with Crippen molar-refractivity contribution in [2.24, 2.45) is 46.3 Å². The van der Waals surface area contributed by atoms with Gasteiger partial charge >= 0.3 is 6.09 Å². The highest BCUT2D eigenvalue weighted by atomic mass is 127. The molecule has 194 valence electrons. The smallest absolute Gasteiger partial charge is 0.407 e. The van der Waals surface area contributed by atoms with Crippen LogP contribution in [-0.4, -0.2) is 23.2 Å². The first-order chi connectivity index (χ1) is 16.2. The lowest BCUT2D eigenvalue weighted by molar-refractivity contribution is -0.0581. The van der Waals surface area contributed by atoms with Crippen LogP contribution in [0.4, 0.5) is 4.79 Å². The van der Waals surface area contributed by atoms with Crippen LogP contribution in [0, 0.1) is 46.3 Å². The van der Waals surface area contributed by atoms with E-state index in [2.05, 4.69) is 68.6 Å². The fourth-order valence-corrected chi connectivity index (χ4v) is 9.36. The third-order valence-electron chi connectivity index (χ3n) is 10.9. The van der Waals surface area contributed by atoms with E-state index in [9.17, 15) is 4.79 Å². The summed E-state index contributed by atoms with van der Waals surface area (Å²) in [6.45, 7) is 13.2. The molecule has 1 unspecified atom stereocenters. The maximum Gasteiger partial charge on any atom is 0.407 e. The zero-order valence-corrected chi connectivity index (χ0v) is 24.7. The Labute approximate surface area is 223 Å². The molecule has 3 fully saturated rings. The molecule has 8 atom stereocenters. The molecule has 1 N–H and O–H groups in total. The van der Waals surface area contributed by atoms with Crippen molar-refractivity contribution in [2.75, 3.05) is 11.0 Å². The molecule has 0 aliphatic heterocycles. The average molecular weight is 584 g/mol. The van der Waals surface area contributed by atoms with E-state index in [1.54, 1.807) is 5.57 Å². The SMILES string of the molecule is CC(C)CCC[C@@H](C)[C@H]1CC[C@H]2[C@@H]3CC=C4CC(OC(=O)NCCI)CC[C@]4(C)[C@H]3CC[C@]12C. The van der Waals surface area contributed by atoms with Gasteiger partial charge in [0, 0.05) is 17.4 Å². The van der Waals surface area contributed by atoms with Gasteiger partial charge in [-0.3, -0.25) is 0 Å². The maximum absolute atomic E-state index is 12.1. The average Bonchev–Trinajstić information content (AvgIpc) is 3.15. The van der Waals surface area contributed by atoms with Crippen molar-refractivity contribution in [3.63, 3.8) is 0 Å². The van der Waals surface area contributed by atoms with Crippen molar-refractivity contribution >= 4 is 28.7 Å². The van der Waals surface area contributed by atoms with Crippen LogP contribution in [0.2, 0.25) is 0 Å². The van der Waals surface area contributed by atoms with Crippen molar-refractivity contribution in [1.29, 1.82) is 0 Å². The lowest BCUT2D eigenvalue weighted by Crippen LogP contribution is -2.51. The minimum Gasteiger partial charge on any atom is -0.446 e. The number of nitrogens with one attached hydrogen (secondary N) is 1. The Hall–Kier alpha value is -0.260. The third kappa shape index (κ3) is 5.23. The standard InChI is InChI=1S/C30H50INO2/c1-20(2)7-6-8-21(3)25-11-12-26-24-10-9-22-19-23(34-28(33)32-18-17-31)13-15-29(22,4)27(24)14-16-30(25,26)5/h9,20-21,23-27H,6-8,10-19H2,1-5H3,(H,32,33)/t21-,23?,24+,25-,26+,27+,29+,30-/m1/s1. The number of allylic oxidation sites excluding steroid dienone is 1. The molecule has 0 radical (unpaired) electrons. The Morgan fingerprint density at radius 1 is 1.12 bits per heavy atom. The highest BCUT2D eigenvalue weighted by Crippen LogP contribution is 2.67. The Bertz CT molecular complexity index is 750. The number of alkyl carbamates (subject to hydrolysis) is 1. The number of hydrogen-bond donors (Lipinski definition) is 1. The summed E-state index contributed by atoms with van der Waals surface area (Å²) in [5.74, 6) is 5.24. The summed E-state index contributed by atoms with van der Waals surface area (Å²) in [6, 6.07) is 0. The van der Waals surface area contributed by atoms with Gasteiger partial charge < -0.3 is 10.1 Å². The summed E-state index contributed by atoms with van der Waals surface area (Å²) in [7, 11) is 0. The van der Waals surface area contributed by atoms with Crippen LogP contribution >= 0.6 is 22.6 Å². The number of carbonyl (C=O) groups excluding carboxylic acids is 1. The van der Waals surface area contributed by atoms with E-state index in [1.807, 2.05) is 0 Å². The van der Waals surface area contributed by atoms with E-state index in [0.717, 1.165) is 52.8 Å². The fraction of sp³-hybridized carbons (Fsp3) is 0.900. The van der Waals surface area contributed by atoms with Gasteiger partial charge in [-0.2, -0.15) is 0 Å². The molecule has 0 bridgehead atoms. The maximum atomic E-state index is 12.1. The van der Waals surface area contributed by atoms with Gasteiger partial charge in [-0.05, 0) is 91.3 Å². The number of alkyl halides is 1. The summed E-state index contributed by atoms with van der Waals surface area (Å²) in [5.41, 5.74) is 2.48. The molecule has 0 saturated heterocycles. The Kier molecular flexibility index (Phi) is 8.67. The lowest BCUT2D eigenvalue weighted by Gasteiger charge is -2.58. The molecule has 1 amide bonds. The predicted molar refractivity (Wildman–Crippen MR) is 150 cm³/mol. The van der Waals surface area contributed by atoms with Crippen molar-refractivity contribution in [1.82, 2.24) is 5.32 Å². The van der Waals surface area contributed by atoms with Crippen LogP contribution in [0.1, 0.15) is 105 Å². The first-order valence-corrected chi connectivity index (χ1v) is 15.9. The minimum atomic E-state index is -0.229. The van der Waals surface area contributed by atoms with Crippen LogP contribution in [0.25, 0.3) is 0 Å². The molecule has 4 aliphatic carbocycles. The van der Waals surface area contributed by atoms with Crippen LogP contribution in [0.15, 0.2) is 11.6 Å². The molecule has 0 aromatic carbocycles. The Morgan fingerprint density at radius 2 is 1.91 bits per heavy atom. The summed E-state index contributed by atoms with van der Waals surface area (Å²) in [5, 5.41) is 2.88. The third-order valence-corrected chi connectivity index (χ3v) is 11.4. The second-order valence-corrected chi connectivity index (χ2v) is 14.3. The number of fused-ring (bicyclic) bond motifs is 5. The van der Waals surface area contributed by atoms with Crippen LogP contribution in [0.5, 0.6) is 0 Å². The summed E-state index contributed by atoms with van der Waals surface area (Å²) in [6.07, 6.45) is 16.8. The molecule has 0 aromatic heterocycles. The van der Waals surface area contributed by atoms with Crippen LogP contribution in [-0.2, 0) is 4.74 Å². The van der Waals surface area contributed by atoms with Crippen LogP contribution < -0.4 is 5.32 Å². The normalized spacial score (nSPS) is 40.1. The van der Waals surface area contributed by atoms with E-state index in [1.165, 1.54) is 57.8 Å². The van der Waals surface area contributed by atoms with Gasteiger partial charge in [0.15, 0.2) is 0 Å². The number of hydrogen-bond acceptors (Lipinski definition) is 2. The zero-order chi connectivity index (χ0) is 24.5. The van der Waals surface area contributed by atoms with E-state index in [4.69, 9.17) is 4.74 Å². The molecular formula is C30H50INO2.